The number of ether oxygens (including phenoxy) is 1. The molecule has 5 nitrogen and oxygen atoms in total. The first-order chi connectivity index (χ1) is 9.72. The molecule has 20 heavy (non-hydrogen) atoms. The number of hydrogen-bond donors (Lipinski definition) is 1. The summed E-state index contributed by atoms with van der Waals surface area (Å²) in [6.45, 7) is 5.70. The number of anilines is 2. The lowest BCUT2D eigenvalue weighted by molar-refractivity contribution is 0.0576. The highest BCUT2D eigenvalue weighted by atomic mass is 32.2. The van der Waals surface area contributed by atoms with Gasteiger partial charge in [-0.3, -0.25) is 0 Å². The van der Waals surface area contributed by atoms with Crippen molar-refractivity contribution in [2.24, 2.45) is 5.92 Å². The van der Waals surface area contributed by atoms with Crippen LogP contribution in [0, 0.1) is 5.92 Å². The van der Waals surface area contributed by atoms with Crippen LogP contribution in [0.25, 0.3) is 0 Å². The van der Waals surface area contributed by atoms with Gasteiger partial charge in [-0.25, -0.2) is 9.97 Å². The molecule has 1 unspecified atom stereocenters. The lowest BCUT2D eigenvalue weighted by atomic mass is 10.0. The number of thioether (sulfide) groups is 1. The summed E-state index contributed by atoms with van der Waals surface area (Å²) in [7, 11) is 2.09. The van der Waals surface area contributed by atoms with Crippen LogP contribution in [0.5, 0.6) is 0 Å². The molecule has 112 valence electrons. The maximum atomic E-state index is 5.55. The third-order valence-corrected chi connectivity index (χ3v) is 3.96. The van der Waals surface area contributed by atoms with Crippen LogP contribution >= 0.6 is 11.8 Å². The van der Waals surface area contributed by atoms with Crippen LogP contribution in [0.15, 0.2) is 11.2 Å². The zero-order chi connectivity index (χ0) is 14.4. The average molecular weight is 296 g/mol. The minimum absolute atomic E-state index is 0.601. The molecule has 0 radical (unpaired) electrons. The summed E-state index contributed by atoms with van der Waals surface area (Å²) in [5, 5.41) is 4.08. The molecule has 1 N–H and O–H groups in total. The number of aromatic nitrogens is 2. The van der Waals surface area contributed by atoms with Gasteiger partial charge in [0.25, 0.3) is 0 Å². The molecule has 0 spiro atoms. The summed E-state index contributed by atoms with van der Waals surface area (Å²) in [5.41, 5.74) is 0. The van der Waals surface area contributed by atoms with E-state index in [1.54, 1.807) is 11.8 Å². The van der Waals surface area contributed by atoms with E-state index in [0.29, 0.717) is 5.92 Å². The van der Waals surface area contributed by atoms with Crippen molar-refractivity contribution in [3.63, 3.8) is 0 Å². The van der Waals surface area contributed by atoms with E-state index >= 15 is 0 Å². The summed E-state index contributed by atoms with van der Waals surface area (Å²) in [4.78, 5) is 11.3. The SMILES string of the molecule is CCNc1cc(N(C)CC2CCCOC2)nc(SC)n1. The van der Waals surface area contributed by atoms with Crippen molar-refractivity contribution in [1.82, 2.24) is 9.97 Å². The molecule has 2 heterocycles. The monoisotopic (exact) mass is 296 g/mol. The third-order valence-electron chi connectivity index (χ3n) is 3.41. The molecule has 1 aliphatic rings. The number of hydrogen-bond acceptors (Lipinski definition) is 6. The van der Waals surface area contributed by atoms with Gasteiger partial charge in [0.05, 0.1) is 6.61 Å². The summed E-state index contributed by atoms with van der Waals surface area (Å²) >= 11 is 1.57. The van der Waals surface area contributed by atoms with Gasteiger partial charge in [0.1, 0.15) is 11.6 Å². The topological polar surface area (TPSA) is 50.3 Å². The highest BCUT2D eigenvalue weighted by Crippen LogP contribution is 2.22. The van der Waals surface area contributed by atoms with E-state index < -0.39 is 0 Å². The van der Waals surface area contributed by atoms with Gasteiger partial charge in [0.2, 0.25) is 0 Å². The Bertz CT molecular complexity index is 424. The largest absolute Gasteiger partial charge is 0.381 e. The minimum Gasteiger partial charge on any atom is -0.381 e. The van der Waals surface area contributed by atoms with Crippen molar-refractivity contribution >= 4 is 23.4 Å². The van der Waals surface area contributed by atoms with E-state index in [2.05, 4.69) is 34.2 Å². The van der Waals surface area contributed by atoms with E-state index in [1.165, 1.54) is 12.8 Å². The van der Waals surface area contributed by atoms with Gasteiger partial charge in [0, 0.05) is 32.8 Å². The van der Waals surface area contributed by atoms with Crippen LogP contribution in [0.4, 0.5) is 11.6 Å². The molecule has 2 rings (SSSR count). The first kappa shape index (κ1) is 15.4. The maximum Gasteiger partial charge on any atom is 0.191 e. The molecule has 0 amide bonds. The van der Waals surface area contributed by atoms with Crippen molar-refractivity contribution in [1.29, 1.82) is 0 Å². The van der Waals surface area contributed by atoms with Crippen LogP contribution in [0.2, 0.25) is 0 Å². The molecule has 0 bridgehead atoms. The summed E-state index contributed by atoms with van der Waals surface area (Å²) in [5.74, 6) is 2.48. The molecule has 0 saturated carbocycles. The van der Waals surface area contributed by atoms with Crippen molar-refractivity contribution in [3.05, 3.63) is 6.07 Å². The predicted molar refractivity (Wildman–Crippen MR) is 84.8 cm³/mol. The van der Waals surface area contributed by atoms with Crippen molar-refractivity contribution in [2.75, 3.05) is 49.8 Å². The highest BCUT2D eigenvalue weighted by Gasteiger charge is 2.17. The lowest BCUT2D eigenvalue weighted by Crippen LogP contribution is -2.31. The Balaban J connectivity index is 2.06. The second-order valence-corrected chi connectivity index (χ2v) is 5.87. The fraction of sp³-hybridized carbons (Fsp3) is 0.714. The quantitative estimate of drug-likeness (QED) is 0.643. The zero-order valence-electron chi connectivity index (χ0n) is 12.6. The van der Waals surface area contributed by atoms with Gasteiger partial charge in [-0.15, -0.1) is 0 Å². The first-order valence-corrected chi connectivity index (χ1v) is 8.41. The Hall–Kier alpha value is -1.01. The Morgan fingerprint density at radius 2 is 2.35 bits per heavy atom. The molecule has 6 heteroatoms. The first-order valence-electron chi connectivity index (χ1n) is 7.18. The van der Waals surface area contributed by atoms with E-state index in [1.807, 2.05) is 12.3 Å². The van der Waals surface area contributed by atoms with Gasteiger partial charge in [-0.2, -0.15) is 0 Å². The molecule has 1 atom stereocenters. The molecule has 0 aliphatic carbocycles. The summed E-state index contributed by atoms with van der Waals surface area (Å²) < 4.78 is 5.55. The fourth-order valence-corrected chi connectivity index (χ4v) is 2.78. The van der Waals surface area contributed by atoms with Gasteiger partial charge in [0.15, 0.2) is 5.16 Å². The second-order valence-electron chi connectivity index (χ2n) is 5.09. The van der Waals surface area contributed by atoms with Crippen LogP contribution in [-0.2, 0) is 4.74 Å². The van der Waals surface area contributed by atoms with E-state index in [9.17, 15) is 0 Å². The van der Waals surface area contributed by atoms with Crippen LogP contribution in [0.1, 0.15) is 19.8 Å². The van der Waals surface area contributed by atoms with Gasteiger partial charge < -0.3 is 15.0 Å². The van der Waals surface area contributed by atoms with Crippen molar-refractivity contribution < 1.29 is 4.74 Å². The van der Waals surface area contributed by atoms with Gasteiger partial charge >= 0.3 is 0 Å². The highest BCUT2D eigenvalue weighted by molar-refractivity contribution is 7.98. The van der Waals surface area contributed by atoms with E-state index in [0.717, 1.165) is 43.1 Å². The molecular formula is C14H24N4OS. The molecular weight excluding hydrogens is 272 g/mol. The zero-order valence-corrected chi connectivity index (χ0v) is 13.4. The standard InChI is InChI=1S/C14H24N4OS/c1-4-15-12-8-13(17-14(16-12)20-3)18(2)9-11-6-5-7-19-10-11/h8,11H,4-7,9-10H2,1-3H3,(H,15,16,17). The minimum atomic E-state index is 0.601. The van der Waals surface area contributed by atoms with E-state index in [-0.39, 0.29) is 0 Å². The summed E-state index contributed by atoms with van der Waals surface area (Å²) in [6, 6.07) is 2.02. The van der Waals surface area contributed by atoms with Crippen molar-refractivity contribution in [2.45, 2.75) is 24.9 Å². The second kappa shape index (κ2) is 7.69. The molecule has 0 aromatic carbocycles. The van der Waals surface area contributed by atoms with Gasteiger partial charge in [-0.05, 0) is 31.9 Å². The lowest BCUT2D eigenvalue weighted by Gasteiger charge is -2.28. The van der Waals surface area contributed by atoms with Gasteiger partial charge in [-0.1, -0.05) is 11.8 Å². The van der Waals surface area contributed by atoms with E-state index in [4.69, 9.17) is 4.74 Å². The Morgan fingerprint density at radius 1 is 1.50 bits per heavy atom. The smallest absolute Gasteiger partial charge is 0.191 e. The molecule has 1 fully saturated rings. The van der Waals surface area contributed by atoms with Crippen LogP contribution < -0.4 is 10.2 Å². The Kier molecular flexibility index (Phi) is 5.91. The molecule has 1 saturated heterocycles. The Labute approximate surface area is 125 Å². The third kappa shape index (κ3) is 4.24. The number of nitrogens with one attached hydrogen (secondary N) is 1. The summed E-state index contributed by atoms with van der Waals surface area (Å²) in [6.07, 6.45) is 4.41. The van der Waals surface area contributed by atoms with Crippen molar-refractivity contribution in [3.8, 4) is 0 Å². The number of rotatable bonds is 6. The molecule has 1 aliphatic heterocycles. The van der Waals surface area contributed by atoms with Crippen LogP contribution in [0.3, 0.4) is 0 Å². The maximum absolute atomic E-state index is 5.55. The predicted octanol–water partition coefficient (Wildman–Crippen LogP) is 2.49. The molecule has 1 aromatic rings. The Morgan fingerprint density at radius 3 is 3.00 bits per heavy atom. The fourth-order valence-electron chi connectivity index (χ4n) is 2.40. The normalized spacial score (nSPS) is 18.9. The molecule has 1 aromatic heterocycles. The van der Waals surface area contributed by atoms with Crippen LogP contribution in [-0.4, -0.2) is 49.6 Å². The average Bonchev–Trinajstić information content (AvgIpc) is 2.48. The number of nitrogens with zero attached hydrogens (tertiary/aromatic N) is 3.